The molecule has 0 aromatic carbocycles. The normalized spacial score (nSPS) is 11.6. The molecule has 0 saturated carbocycles. The molecule has 0 heterocycles. The second-order valence-electron chi connectivity index (χ2n) is 5.77. The molecule has 0 aromatic rings. The van der Waals surface area contributed by atoms with Crippen LogP contribution in [0.1, 0.15) is 91.9 Å². The molecule has 0 spiro atoms. The molecule has 0 radical (unpaired) electrons. The molecule has 0 aliphatic rings. The Kier molecular flexibility index (Phi) is 11.0. The maximum absolute atomic E-state index is 10.6. The van der Waals surface area contributed by atoms with E-state index in [1.165, 1.54) is 64.7 Å². The number of carbonyl (C=O) groups excluding carboxylic acids is 1. The average molecular weight is 270 g/mol. The Morgan fingerprint density at radius 2 is 1.32 bits per heavy atom. The molecule has 0 rings (SSSR count). The minimum absolute atomic E-state index is 0.157. The van der Waals surface area contributed by atoms with Crippen molar-refractivity contribution in [3.05, 3.63) is 0 Å². The lowest BCUT2D eigenvalue weighted by Crippen LogP contribution is -2.17. The summed E-state index contributed by atoms with van der Waals surface area (Å²) in [5.41, 5.74) is 0.606. The number of ether oxygens (including phenoxy) is 1. The third-order valence-electron chi connectivity index (χ3n) is 4.66. The number of esters is 1. The van der Waals surface area contributed by atoms with Crippen LogP contribution in [0.15, 0.2) is 0 Å². The van der Waals surface area contributed by atoms with Gasteiger partial charge in [-0.25, -0.2) is 0 Å². The van der Waals surface area contributed by atoms with Crippen molar-refractivity contribution >= 4 is 5.97 Å². The summed E-state index contributed by atoms with van der Waals surface area (Å²) < 4.78 is 4.92. The molecule has 0 atom stereocenters. The van der Waals surface area contributed by atoms with E-state index in [1.54, 1.807) is 0 Å². The molecule has 2 heteroatoms. The number of hydrogen-bond acceptors (Lipinski definition) is 2. The Morgan fingerprint density at radius 3 is 1.79 bits per heavy atom. The van der Waals surface area contributed by atoms with Crippen LogP contribution >= 0.6 is 0 Å². The molecule has 114 valence electrons. The predicted octanol–water partition coefficient (Wildman–Crippen LogP) is 5.50. The summed E-state index contributed by atoms with van der Waals surface area (Å²) in [4.78, 5) is 10.6. The van der Waals surface area contributed by atoms with Gasteiger partial charge >= 0.3 is 5.97 Å². The molecule has 0 amide bonds. The van der Waals surface area contributed by atoms with Gasteiger partial charge in [-0.2, -0.15) is 0 Å². The number of carbonyl (C=O) groups is 1. The molecule has 0 bridgehead atoms. The first-order valence-corrected chi connectivity index (χ1v) is 8.23. The number of hydrogen-bond donors (Lipinski definition) is 0. The average Bonchev–Trinajstić information content (AvgIpc) is 2.41. The van der Waals surface area contributed by atoms with Crippen molar-refractivity contribution in [2.45, 2.75) is 91.9 Å². The first-order valence-electron chi connectivity index (χ1n) is 8.23. The van der Waals surface area contributed by atoms with Crippen LogP contribution in [0.3, 0.4) is 0 Å². The van der Waals surface area contributed by atoms with Crippen LogP contribution in [-0.4, -0.2) is 12.6 Å². The van der Waals surface area contributed by atoms with Gasteiger partial charge in [-0.05, 0) is 18.3 Å². The van der Waals surface area contributed by atoms with Gasteiger partial charge in [0.05, 0.1) is 6.61 Å². The minimum atomic E-state index is -0.157. The maximum Gasteiger partial charge on any atom is 0.302 e. The van der Waals surface area contributed by atoms with Crippen LogP contribution in [0.25, 0.3) is 0 Å². The van der Waals surface area contributed by atoms with Crippen molar-refractivity contribution in [3.63, 3.8) is 0 Å². The van der Waals surface area contributed by atoms with Crippen LogP contribution in [-0.2, 0) is 9.53 Å². The summed E-state index contributed by atoms with van der Waals surface area (Å²) in [6, 6.07) is 0. The van der Waals surface area contributed by atoms with E-state index in [4.69, 9.17) is 4.74 Å². The topological polar surface area (TPSA) is 26.3 Å². The smallest absolute Gasteiger partial charge is 0.302 e. The Hall–Kier alpha value is -0.530. The van der Waals surface area contributed by atoms with Gasteiger partial charge in [0, 0.05) is 6.92 Å². The SMILES string of the molecule is CCC(CC)(CC)CCCCCCCCOC(C)=O. The van der Waals surface area contributed by atoms with Crippen LogP contribution in [0.5, 0.6) is 0 Å². The molecule has 0 fully saturated rings. The molecule has 0 aromatic heterocycles. The van der Waals surface area contributed by atoms with Gasteiger partial charge in [-0.3, -0.25) is 4.79 Å². The fraction of sp³-hybridized carbons (Fsp3) is 0.941. The standard InChI is InChI=1S/C17H34O2/c1-5-17(6-2,7-3)14-12-10-8-9-11-13-15-19-16(4)18/h5-15H2,1-4H3. The van der Waals surface area contributed by atoms with Gasteiger partial charge in [-0.1, -0.05) is 72.1 Å². The lowest BCUT2D eigenvalue weighted by Gasteiger charge is -2.30. The zero-order valence-corrected chi connectivity index (χ0v) is 13.6. The molecule has 0 unspecified atom stereocenters. The maximum atomic E-state index is 10.6. The first-order chi connectivity index (χ1) is 9.10. The lowest BCUT2D eigenvalue weighted by molar-refractivity contribution is -0.141. The summed E-state index contributed by atoms with van der Waals surface area (Å²) >= 11 is 0. The van der Waals surface area contributed by atoms with E-state index >= 15 is 0 Å². The zero-order valence-electron chi connectivity index (χ0n) is 13.6. The van der Waals surface area contributed by atoms with E-state index in [0.717, 1.165) is 6.42 Å². The van der Waals surface area contributed by atoms with Gasteiger partial charge in [-0.15, -0.1) is 0 Å². The molecule has 19 heavy (non-hydrogen) atoms. The van der Waals surface area contributed by atoms with E-state index in [9.17, 15) is 4.79 Å². The molecule has 0 saturated heterocycles. The number of unbranched alkanes of at least 4 members (excludes halogenated alkanes) is 5. The van der Waals surface area contributed by atoms with Crippen LogP contribution in [0.2, 0.25) is 0 Å². The molecule has 0 aliphatic carbocycles. The molecule has 2 nitrogen and oxygen atoms in total. The van der Waals surface area contributed by atoms with Crippen molar-refractivity contribution in [1.82, 2.24) is 0 Å². The zero-order chi connectivity index (χ0) is 14.6. The summed E-state index contributed by atoms with van der Waals surface area (Å²) in [6.07, 6.45) is 12.9. The highest BCUT2D eigenvalue weighted by Gasteiger charge is 2.22. The molecular weight excluding hydrogens is 236 g/mol. The molecule has 0 aliphatic heterocycles. The van der Waals surface area contributed by atoms with Gasteiger partial charge < -0.3 is 4.74 Å². The summed E-state index contributed by atoms with van der Waals surface area (Å²) in [7, 11) is 0. The van der Waals surface area contributed by atoms with E-state index in [1.807, 2.05) is 0 Å². The van der Waals surface area contributed by atoms with Crippen molar-refractivity contribution in [2.75, 3.05) is 6.61 Å². The minimum Gasteiger partial charge on any atom is -0.466 e. The van der Waals surface area contributed by atoms with Gasteiger partial charge in [0.25, 0.3) is 0 Å². The second-order valence-corrected chi connectivity index (χ2v) is 5.77. The van der Waals surface area contributed by atoms with Crippen molar-refractivity contribution in [1.29, 1.82) is 0 Å². The largest absolute Gasteiger partial charge is 0.466 e. The highest BCUT2D eigenvalue weighted by atomic mass is 16.5. The summed E-state index contributed by atoms with van der Waals surface area (Å²) in [5, 5.41) is 0. The van der Waals surface area contributed by atoms with E-state index < -0.39 is 0 Å². The molecular formula is C17H34O2. The third-order valence-corrected chi connectivity index (χ3v) is 4.66. The number of rotatable bonds is 12. The lowest BCUT2D eigenvalue weighted by atomic mass is 9.75. The van der Waals surface area contributed by atoms with E-state index in [-0.39, 0.29) is 5.97 Å². The third kappa shape index (κ3) is 9.07. The van der Waals surface area contributed by atoms with Gasteiger partial charge in [0.2, 0.25) is 0 Å². The predicted molar refractivity (Wildman–Crippen MR) is 82.3 cm³/mol. The van der Waals surface area contributed by atoms with E-state index in [2.05, 4.69) is 20.8 Å². The van der Waals surface area contributed by atoms with E-state index in [0.29, 0.717) is 12.0 Å². The van der Waals surface area contributed by atoms with Crippen LogP contribution in [0, 0.1) is 5.41 Å². The van der Waals surface area contributed by atoms with Gasteiger partial charge in [0.15, 0.2) is 0 Å². The first kappa shape index (κ1) is 18.5. The monoisotopic (exact) mass is 270 g/mol. The highest BCUT2D eigenvalue weighted by Crippen LogP contribution is 2.36. The van der Waals surface area contributed by atoms with Crippen molar-refractivity contribution in [2.24, 2.45) is 5.41 Å². The molecule has 0 N–H and O–H groups in total. The Morgan fingerprint density at radius 1 is 0.842 bits per heavy atom. The van der Waals surface area contributed by atoms with Crippen molar-refractivity contribution < 1.29 is 9.53 Å². The van der Waals surface area contributed by atoms with Crippen LogP contribution in [0.4, 0.5) is 0 Å². The Labute approximate surface area is 120 Å². The highest BCUT2D eigenvalue weighted by molar-refractivity contribution is 5.65. The van der Waals surface area contributed by atoms with Crippen molar-refractivity contribution in [3.8, 4) is 0 Å². The Balaban J connectivity index is 3.42. The second kappa shape index (κ2) is 11.3. The summed E-state index contributed by atoms with van der Waals surface area (Å²) in [5.74, 6) is -0.157. The van der Waals surface area contributed by atoms with Crippen LogP contribution < -0.4 is 0 Å². The Bertz CT molecular complexity index is 211. The van der Waals surface area contributed by atoms with Gasteiger partial charge in [0.1, 0.15) is 0 Å². The fourth-order valence-electron chi connectivity index (χ4n) is 2.81. The quantitative estimate of drug-likeness (QED) is 0.346. The fourth-order valence-corrected chi connectivity index (χ4v) is 2.81. The summed E-state index contributed by atoms with van der Waals surface area (Å²) in [6.45, 7) is 9.08.